The Balaban J connectivity index is 1.99. The van der Waals surface area contributed by atoms with E-state index in [2.05, 4.69) is 27.0 Å². The van der Waals surface area contributed by atoms with Crippen LogP contribution in [0.2, 0.25) is 0 Å². The average Bonchev–Trinajstić information content (AvgIpc) is 2.52. The molecule has 3 rings (SSSR count). The molecule has 1 aliphatic heterocycles. The molecule has 1 fully saturated rings. The van der Waals surface area contributed by atoms with Gasteiger partial charge in [-0.05, 0) is 25.1 Å². The third kappa shape index (κ3) is 1.37. The summed E-state index contributed by atoms with van der Waals surface area (Å²) in [5.74, 6) is 0.936. The van der Waals surface area contributed by atoms with Gasteiger partial charge in [-0.2, -0.15) is 0 Å². The zero-order valence-corrected chi connectivity index (χ0v) is 8.57. The number of H-pyrrole nitrogens is 1. The lowest BCUT2D eigenvalue weighted by Gasteiger charge is -2.37. The van der Waals surface area contributed by atoms with E-state index in [-0.39, 0.29) is 6.10 Å². The second kappa shape index (κ2) is 2.97. The summed E-state index contributed by atoms with van der Waals surface area (Å²) in [7, 11) is 0. The van der Waals surface area contributed by atoms with Crippen molar-refractivity contribution in [2.24, 2.45) is 0 Å². The molecular weight excluding hydrogens is 190 g/mol. The predicted molar refractivity (Wildman–Crippen MR) is 59.1 cm³/mol. The van der Waals surface area contributed by atoms with Crippen LogP contribution in [0, 0.1) is 6.92 Å². The summed E-state index contributed by atoms with van der Waals surface area (Å²) in [5.41, 5.74) is 3.21. The number of β-amino-alcohol motifs (C(OH)–C–C–N with tert-alkyl or cyclic N) is 1. The topological polar surface area (TPSA) is 52.1 Å². The molecule has 1 aromatic heterocycles. The van der Waals surface area contributed by atoms with Crippen LogP contribution in [-0.2, 0) is 0 Å². The van der Waals surface area contributed by atoms with Crippen LogP contribution in [0.4, 0.5) is 5.69 Å². The first-order valence-corrected chi connectivity index (χ1v) is 5.12. The smallest absolute Gasteiger partial charge is 0.104 e. The number of rotatable bonds is 1. The summed E-state index contributed by atoms with van der Waals surface area (Å²) in [5, 5.41) is 9.24. The Hall–Kier alpha value is -1.55. The number of anilines is 1. The van der Waals surface area contributed by atoms with Gasteiger partial charge in [0.15, 0.2) is 0 Å². The van der Waals surface area contributed by atoms with Crippen LogP contribution in [0.15, 0.2) is 18.2 Å². The van der Waals surface area contributed by atoms with Crippen molar-refractivity contribution in [1.82, 2.24) is 9.97 Å². The van der Waals surface area contributed by atoms with Crippen molar-refractivity contribution in [3.05, 3.63) is 24.0 Å². The molecule has 4 nitrogen and oxygen atoms in total. The Morgan fingerprint density at radius 3 is 3.00 bits per heavy atom. The van der Waals surface area contributed by atoms with Gasteiger partial charge in [0.1, 0.15) is 5.82 Å². The summed E-state index contributed by atoms with van der Waals surface area (Å²) in [6, 6.07) is 6.15. The molecule has 1 aromatic carbocycles. The second-order valence-electron chi connectivity index (χ2n) is 4.08. The van der Waals surface area contributed by atoms with Crippen molar-refractivity contribution in [2.75, 3.05) is 18.0 Å². The van der Waals surface area contributed by atoms with Crippen molar-refractivity contribution in [1.29, 1.82) is 0 Å². The molecule has 0 spiro atoms. The van der Waals surface area contributed by atoms with Gasteiger partial charge in [0, 0.05) is 18.8 Å². The van der Waals surface area contributed by atoms with Crippen LogP contribution in [0.1, 0.15) is 5.82 Å². The number of hydrogen-bond acceptors (Lipinski definition) is 3. The summed E-state index contributed by atoms with van der Waals surface area (Å²) >= 11 is 0. The maximum atomic E-state index is 9.24. The van der Waals surface area contributed by atoms with Gasteiger partial charge in [0.25, 0.3) is 0 Å². The third-order valence-corrected chi connectivity index (χ3v) is 2.81. The van der Waals surface area contributed by atoms with Crippen molar-refractivity contribution < 1.29 is 5.11 Å². The van der Waals surface area contributed by atoms with E-state index in [1.54, 1.807) is 0 Å². The zero-order chi connectivity index (χ0) is 10.4. The molecule has 0 unspecified atom stereocenters. The summed E-state index contributed by atoms with van der Waals surface area (Å²) in [6.07, 6.45) is -0.163. The molecule has 0 atom stereocenters. The fourth-order valence-corrected chi connectivity index (χ4v) is 1.99. The van der Waals surface area contributed by atoms with Crippen LogP contribution in [0.5, 0.6) is 0 Å². The molecule has 0 aliphatic carbocycles. The fraction of sp³-hybridized carbons (Fsp3) is 0.364. The molecule has 0 amide bonds. The van der Waals surface area contributed by atoms with Crippen LogP contribution in [-0.4, -0.2) is 34.3 Å². The van der Waals surface area contributed by atoms with Gasteiger partial charge in [0.2, 0.25) is 0 Å². The maximum absolute atomic E-state index is 9.24. The minimum Gasteiger partial charge on any atom is -0.389 e. The molecule has 0 saturated carbocycles. The first-order valence-electron chi connectivity index (χ1n) is 5.12. The van der Waals surface area contributed by atoms with E-state index in [0.717, 1.165) is 35.6 Å². The van der Waals surface area contributed by atoms with Crippen LogP contribution >= 0.6 is 0 Å². The second-order valence-corrected chi connectivity index (χ2v) is 4.08. The number of imidazole rings is 1. The first kappa shape index (κ1) is 8.73. The van der Waals surface area contributed by atoms with E-state index >= 15 is 0 Å². The van der Waals surface area contributed by atoms with Crippen molar-refractivity contribution in [3.63, 3.8) is 0 Å². The molecule has 2 N–H and O–H groups in total. The minimum atomic E-state index is -0.163. The van der Waals surface area contributed by atoms with Crippen molar-refractivity contribution in [3.8, 4) is 0 Å². The normalized spacial score (nSPS) is 17.1. The van der Waals surface area contributed by atoms with Crippen LogP contribution < -0.4 is 4.90 Å². The third-order valence-electron chi connectivity index (χ3n) is 2.81. The number of benzene rings is 1. The van der Waals surface area contributed by atoms with Crippen LogP contribution in [0.3, 0.4) is 0 Å². The highest BCUT2D eigenvalue weighted by Gasteiger charge is 2.24. The molecule has 0 bridgehead atoms. The summed E-state index contributed by atoms with van der Waals surface area (Å²) in [6.45, 7) is 3.42. The Kier molecular flexibility index (Phi) is 1.73. The lowest BCUT2D eigenvalue weighted by Crippen LogP contribution is -2.50. The van der Waals surface area contributed by atoms with Gasteiger partial charge in [-0.1, -0.05) is 0 Å². The lowest BCUT2D eigenvalue weighted by molar-refractivity contribution is 0.142. The van der Waals surface area contributed by atoms with Gasteiger partial charge >= 0.3 is 0 Å². The quantitative estimate of drug-likeness (QED) is 0.728. The number of aliphatic hydroxyl groups is 1. The molecule has 1 saturated heterocycles. The Labute approximate surface area is 87.5 Å². The van der Waals surface area contributed by atoms with Crippen LogP contribution in [0.25, 0.3) is 11.0 Å². The molecule has 0 radical (unpaired) electrons. The molecule has 4 heteroatoms. The van der Waals surface area contributed by atoms with Gasteiger partial charge in [0.05, 0.1) is 17.1 Å². The van der Waals surface area contributed by atoms with Crippen molar-refractivity contribution in [2.45, 2.75) is 13.0 Å². The monoisotopic (exact) mass is 203 g/mol. The molecule has 78 valence electrons. The van der Waals surface area contributed by atoms with E-state index in [4.69, 9.17) is 0 Å². The SMILES string of the molecule is Cc1nc2ccc(N3CC(O)C3)cc2[nH]1. The standard InChI is InChI=1S/C11H13N3O/c1-7-12-10-3-2-8(4-11(10)13-7)14-5-9(15)6-14/h2-4,9,15H,5-6H2,1H3,(H,12,13). The predicted octanol–water partition coefficient (Wildman–Crippen LogP) is 1.05. The molecule has 2 heterocycles. The Morgan fingerprint density at radius 2 is 2.27 bits per heavy atom. The van der Waals surface area contributed by atoms with Gasteiger partial charge in [-0.3, -0.25) is 0 Å². The van der Waals surface area contributed by atoms with E-state index in [0.29, 0.717) is 0 Å². The number of nitrogens with one attached hydrogen (secondary N) is 1. The van der Waals surface area contributed by atoms with E-state index in [9.17, 15) is 5.11 Å². The van der Waals surface area contributed by atoms with E-state index in [1.165, 1.54) is 0 Å². The zero-order valence-electron chi connectivity index (χ0n) is 8.57. The number of aromatic amines is 1. The molecule has 1 aliphatic rings. The average molecular weight is 203 g/mol. The Bertz CT molecular complexity index is 500. The number of nitrogens with zero attached hydrogens (tertiary/aromatic N) is 2. The van der Waals surface area contributed by atoms with Gasteiger partial charge in [-0.25, -0.2) is 4.98 Å². The van der Waals surface area contributed by atoms with Gasteiger partial charge in [-0.15, -0.1) is 0 Å². The fourth-order valence-electron chi connectivity index (χ4n) is 1.99. The summed E-state index contributed by atoms with van der Waals surface area (Å²) < 4.78 is 0. The largest absolute Gasteiger partial charge is 0.389 e. The highest BCUT2D eigenvalue weighted by molar-refractivity contribution is 5.79. The van der Waals surface area contributed by atoms with Crippen molar-refractivity contribution >= 4 is 16.7 Å². The number of fused-ring (bicyclic) bond motifs is 1. The summed E-state index contributed by atoms with van der Waals surface area (Å²) in [4.78, 5) is 9.71. The number of aromatic nitrogens is 2. The van der Waals surface area contributed by atoms with E-state index < -0.39 is 0 Å². The lowest BCUT2D eigenvalue weighted by atomic mass is 10.1. The maximum Gasteiger partial charge on any atom is 0.104 e. The Morgan fingerprint density at radius 1 is 1.47 bits per heavy atom. The minimum absolute atomic E-state index is 0.163. The number of hydrogen-bond donors (Lipinski definition) is 2. The highest BCUT2D eigenvalue weighted by atomic mass is 16.3. The number of aryl methyl sites for hydroxylation is 1. The molecular formula is C11H13N3O. The number of aliphatic hydroxyl groups excluding tert-OH is 1. The first-order chi connectivity index (χ1) is 7.22. The molecule has 15 heavy (non-hydrogen) atoms. The van der Waals surface area contributed by atoms with Gasteiger partial charge < -0.3 is 15.0 Å². The molecule has 2 aromatic rings. The highest BCUT2D eigenvalue weighted by Crippen LogP contribution is 2.24. The van der Waals surface area contributed by atoms with E-state index in [1.807, 2.05) is 13.0 Å².